The third kappa shape index (κ3) is 1.52. The Hall–Kier alpha value is -2.04. The number of aromatic nitrogens is 4. The second-order valence-corrected chi connectivity index (χ2v) is 2.81. The molecule has 5 heteroatoms. The molecule has 2 aromatic heterocycles. The van der Waals surface area contributed by atoms with E-state index in [4.69, 9.17) is 0 Å². The first-order chi connectivity index (χ1) is 6.77. The van der Waals surface area contributed by atoms with E-state index in [2.05, 4.69) is 20.2 Å². The highest BCUT2D eigenvalue weighted by atomic mass is 16.1. The number of aromatic amines is 1. The Morgan fingerprint density at radius 2 is 2.36 bits per heavy atom. The molecule has 0 spiro atoms. The van der Waals surface area contributed by atoms with E-state index >= 15 is 0 Å². The van der Waals surface area contributed by atoms with Crippen LogP contribution in [-0.4, -0.2) is 25.9 Å². The number of ketones is 1. The van der Waals surface area contributed by atoms with Gasteiger partial charge in [0.25, 0.3) is 0 Å². The Labute approximate surface area is 80.2 Å². The number of carbonyl (C=O) groups is 1. The summed E-state index contributed by atoms with van der Waals surface area (Å²) in [6, 6.07) is 3.62. The quantitative estimate of drug-likeness (QED) is 0.715. The highest BCUT2D eigenvalue weighted by molar-refractivity contribution is 5.90. The van der Waals surface area contributed by atoms with Crippen LogP contribution in [0.1, 0.15) is 17.5 Å². The lowest BCUT2D eigenvalue weighted by molar-refractivity contribution is 0.100. The molecule has 0 fully saturated rings. The number of nitrogens with zero attached hydrogens (tertiary/aromatic N) is 3. The molecule has 0 amide bonds. The lowest BCUT2D eigenvalue weighted by Gasteiger charge is -1.90. The summed E-state index contributed by atoms with van der Waals surface area (Å²) in [4.78, 5) is 18.9. The van der Waals surface area contributed by atoms with Crippen LogP contribution in [0.15, 0.2) is 24.5 Å². The fraction of sp³-hybridized carbons (Fsp3) is 0.111. The topological polar surface area (TPSA) is 71.5 Å². The normalized spacial score (nSPS) is 10.1. The summed E-state index contributed by atoms with van der Waals surface area (Å²) >= 11 is 0. The maximum Gasteiger partial charge on any atom is 0.196 e. The first-order valence-corrected chi connectivity index (χ1v) is 4.11. The molecule has 0 aliphatic carbocycles. The van der Waals surface area contributed by atoms with Crippen molar-refractivity contribution in [2.24, 2.45) is 0 Å². The predicted octanol–water partition coefficient (Wildman–Crippen LogP) is 1.07. The molecule has 0 saturated carbocycles. The summed E-state index contributed by atoms with van der Waals surface area (Å²) in [5, 5.41) is 6.48. The fourth-order valence-electron chi connectivity index (χ4n) is 1.04. The standard InChI is InChI=1S/C9H8N4O/c1-6(14)8-11-9(13-12-8)7-3-2-4-10-5-7/h2-5H,1H3,(H,11,12,13). The van der Waals surface area contributed by atoms with Gasteiger partial charge in [0.15, 0.2) is 17.4 Å². The molecule has 0 aliphatic heterocycles. The molecule has 0 bridgehead atoms. The van der Waals surface area contributed by atoms with Gasteiger partial charge in [-0.15, -0.1) is 0 Å². The number of H-pyrrole nitrogens is 1. The van der Waals surface area contributed by atoms with E-state index in [1.54, 1.807) is 18.5 Å². The number of hydrogen-bond acceptors (Lipinski definition) is 4. The third-order valence-corrected chi connectivity index (χ3v) is 1.74. The summed E-state index contributed by atoms with van der Waals surface area (Å²) < 4.78 is 0. The van der Waals surface area contributed by atoms with Crippen molar-refractivity contribution in [3.05, 3.63) is 30.4 Å². The Kier molecular flexibility index (Phi) is 2.06. The zero-order valence-corrected chi connectivity index (χ0v) is 7.56. The van der Waals surface area contributed by atoms with Crippen LogP contribution in [0.25, 0.3) is 11.4 Å². The van der Waals surface area contributed by atoms with E-state index < -0.39 is 0 Å². The minimum Gasteiger partial charge on any atom is -0.291 e. The first kappa shape index (κ1) is 8.55. The summed E-state index contributed by atoms with van der Waals surface area (Å²) in [7, 11) is 0. The van der Waals surface area contributed by atoms with Crippen molar-refractivity contribution in [3.63, 3.8) is 0 Å². The van der Waals surface area contributed by atoms with Crippen LogP contribution in [0.4, 0.5) is 0 Å². The van der Waals surface area contributed by atoms with Gasteiger partial charge < -0.3 is 0 Å². The van der Waals surface area contributed by atoms with Gasteiger partial charge in [0, 0.05) is 24.9 Å². The van der Waals surface area contributed by atoms with Crippen molar-refractivity contribution in [2.75, 3.05) is 0 Å². The highest BCUT2D eigenvalue weighted by Crippen LogP contribution is 2.11. The molecule has 70 valence electrons. The van der Waals surface area contributed by atoms with Crippen molar-refractivity contribution < 1.29 is 4.79 Å². The molecule has 0 atom stereocenters. The van der Waals surface area contributed by atoms with Crippen LogP contribution < -0.4 is 0 Å². The lowest BCUT2D eigenvalue weighted by atomic mass is 10.3. The summed E-state index contributed by atoms with van der Waals surface area (Å²) in [5.74, 6) is 0.625. The van der Waals surface area contributed by atoms with Crippen LogP contribution in [-0.2, 0) is 0 Å². The first-order valence-electron chi connectivity index (χ1n) is 4.11. The van der Waals surface area contributed by atoms with Crippen molar-refractivity contribution in [3.8, 4) is 11.4 Å². The van der Waals surface area contributed by atoms with Gasteiger partial charge in [0.1, 0.15) is 0 Å². The van der Waals surface area contributed by atoms with E-state index in [0.717, 1.165) is 5.56 Å². The SMILES string of the molecule is CC(=O)c1nc(-c2cccnc2)n[nH]1. The number of rotatable bonds is 2. The van der Waals surface area contributed by atoms with Gasteiger partial charge in [-0.2, -0.15) is 5.10 Å². The van der Waals surface area contributed by atoms with Crippen LogP contribution >= 0.6 is 0 Å². The molecule has 2 heterocycles. The van der Waals surface area contributed by atoms with E-state index in [1.807, 2.05) is 6.07 Å². The van der Waals surface area contributed by atoms with Crippen LogP contribution in [0.5, 0.6) is 0 Å². The van der Waals surface area contributed by atoms with E-state index in [-0.39, 0.29) is 11.6 Å². The molecule has 2 rings (SSSR count). The van der Waals surface area contributed by atoms with Gasteiger partial charge in [-0.3, -0.25) is 14.9 Å². The van der Waals surface area contributed by atoms with Gasteiger partial charge in [0.2, 0.25) is 0 Å². The third-order valence-electron chi connectivity index (χ3n) is 1.74. The van der Waals surface area contributed by atoms with Gasteiger partial charge in [-0.05, 0) is 12.1 Å². The van der Waals surface area contributed by atoms with E-state index in [9.17, 15) is 4.79 Å². The molecule has 1 N–H and O–H groups in total. The number of carbonyl (C=O) groups excluding carboxylic acids is 1. The smallest absolute Gasteiger partial charge is 0.196 e. The number of nitrogens with one attached hydrogen (secondary N) is 1. The molecule has 0 aromatic carbocycles. The monoisotopic (exact) mass is 188 g/mol. The zero-order valence-electron chi connectivity index (χ0n) is 7.56. The Morgan fingerprint density at radius 3 is 2.93 bits per heavy atom. The zero-order chi connectivity index (χ0) is 9.97. The molecule has 0 aliphatic rings. The second-order valence-electron chi connectivity index (χ2n) is 2.81. The predicted molar refractivity (Wildman–Crippen MR) is 49.6 cm³/mol. The summed E-state index contributed by atoms with van der Waals surface area (Å²) in [6.07, 6.45) is 3.31. The van der Waals surface area contributed by atoms with E-state index in [1.165, 1.54) is 6.92 Å². The second kappa shape index (κ2) is 3.37. The Bertz CT molecular complexity index is 449. The van der Waals surface area contributed by atoms with Crippen molar-refractivity contribution in [1.82, 2.24) is 20.2 Å². The molecule has 2 aromatic rings. The Balaban J connectivity index is 2.39. The summed E-state index contributed by atoms with van der Waals surface area (Å²) in [5.41, 5.74) is 0.788. The summed E-state index contributed by atoms with van der Waals surface area (Å²) in [6.45, 7) is 1.44. The van der Waals surface area contributed by atoms with Gasteiger partial charge in [0.05, 0.1) is 0 Å². The largest absolute Gasteiger partial charge is 0.291 e. The molecular formula is C9H8N4O. The van der Waals surface area contributed by atoms with Gasteiger partial charge >= 0.3 is 0 Å². The molecule has 0 radical (unpaired) electrons. The number of hydrogen-bond donors (Lipinski definition) is 1. The van der Waals surface area contributed by atoms with Crippen LogP contribution in [0, 0.1) is 0 Å². The van der Waals surface area contributed by atoms with Crippen molar-refractivity contribution in [1.29, 1.82) is 0 Å². The minimum atomic E-state index is -0.132. The number of pyridine rings is 1. The van der Waals surface area contributed by atoms with Gasteiger partial charge in [-0.1, -0.05) is 0 Å². The molecule has 5 nitrogen and oxygen atoms in total. The van der Waals surface area contributed by atoms with Crippen LogP contribution in [0.3, 0.4) is 0 Å². The lowest BCUT2D eigenvalue weighted by Crippen LogP contribution is -1.94. The van der Waals surface area contributed by atoms with Crippen LogP contribution in [0.2, 0.25) is 0 Å². The average Bonchev–Trinajstić information content (AvgIpc) is 2.68. The fourth-order valence-corrected chi connectivity index (χ4v) is 1.04. The maximum atomic E-state index is 10.9. The molecule has 0 unspecified atom stereocenters. The van der Waals surface area contributed by atoms with Crippen molar-refractivity contribution >= 4 is 5.78 Å². The van der Waals surface area contributed by atoms with Gasteiger partial charge in [-0.25, -0.2) is 4.98 Å². The Morgan fingerprint density at radius 1 is 1.50 bits per heavy atom. The highest BCUT2D eigenvalue weighted by Gasteiger charge is 2.08. The maximum absolute atomic E-state index is 10.9. The minimum absolute atomic E-state index is 0.132. The van der Waals surface area contributed by atoms with Crippen molar-refractivity contribution in [2.45, 2.75) is 6.92 Å². The molecular weight excluding hydrogens is 180 g/mol. The average molecular weight is 188 g/mol. The van der Waals surface area contributed by atoms with E-state index in [0.29, 0.717) is 5.82 Å². The molecule has 0 saturated heterocycles. The number of Topliss-reactive ketones (excluding diaryl/α,β-unsaturated/α-hetero) is 1. The molecule has 14 heavy (non-hydrogen) atoms.